The Kier molecular flexibility index (Phi) is 8.12. The molecule has 9 heteroatoms. The first-order valence-corrected chi connectivity index (χ1v) is 14.6. The Morgan fingerprint density at radius 1 is 1.07 bits per heavy atom. The van der Waals surface area contributed by atoms with Crippen LogP contribution in [0.2, 0.25) is 0 Å². The smallest absolute Gasteiger partial charge is 0.271 e. The van der Waals surface area contributed by atoms with Gasteiger partial charge in [0.2, 0.25) is 0 Å². The molecule has 5 rings (SSSR count). The quantitative estimate of drug-likeness (QED) is 0.420. The second kappa shape index (κ2) is 11.7. The Morgan fingerprint density at radius 3 is 2.40 bits per heavy atom. The van der Waals surface area contributed by atoms with E-state index in [1.54, 1.807) is 35.8 Å². The van der Waals surface area contributed by atoms with Gasteiger partial charge in [-0.1, -0.05) is 23.5 Å². The van der Waals surface area contributed by atoms with Crippen LogP contribution in [0.25, 0.3) is 6.08 Å². The van der Waals surface area contributed by atoms with Crippen LogP contribution in [0.15, 0.2) is 63.5 Å². The highest BCUT2D eigenvalue weighted by molar-refractivity contribution is 7.07. The molecule has 0 unspecified atom stereocenters. The third kappa shape index (κ3) is 5.06. The maximum Gasteiger partial charge on any atom is 0.271 e. The summed E-state index contributed by atoms with van der Waals surface area (Å²) in [4.78, 5) is 37.4. The number of fused-ring (bicyclic) bond motifs is 1. The van der Waals surface area contributed by atoms with Crippen molar-refractivity contribution < 1.29 is 14.3 Å². The predicted octanol–water partition coefficient (Wildman–Crippen LogP) is 3.72. The predicted molar refractivity (Wildman–Crippen MR) is 159 cm³/mol. The molecule has 40 heavy (non-hydrogen) atoms. The molecular formula is C31H36N4O4S. The number of rotatable bonds is 8. The second-order valence-corrected chi connectivity index (χ2v) is 11.0. The third-order valence-electron chi connectivity index (χ3n) is 7.70. The fourth-order valence-electron chi connectivity index (χ4n) is 5.53. The monoisotopic (exact) mass is 560 g/mol. The van der Waals surface area contributed by atoms with Crippen LogP contribution in [0.1, 0.15) is 50.8 Å². The lowest BCUT2D eigenvalue weighted by Gasteiger charge is -2.30. The number of amides is 1. The van der Waals surface area contributed by atoms with Gasteiger partial charge in [0.15, 0.2) is 4.80 Å². The van der Waals surface area contributed by atoms with Crippen LogP contribution in [0.5, 0.6) is 11.5 Å². The minimum atomic E-state index is -0.714. The fraction of sp³-hybridized carbons (Fsp3) is 0.387. The van der Waals surface area contributed by atoms with Crippen LogP contribution in [-0.2, 0) is 4.79 Å². The number of benzene rings is 2. The summed E-state index contributed by atoms with van der Waals surface area (Å²) in [6.45, 7) is 8.99. The SMILES string of the molecule is CCN(CC)C(=O)C1=C(C)N=c2s/c(=C\c3ccc(N4CCCC4)cc3)c(=O)n2[C@H]1c1cc(OC)ccc1OC. The van der Waals surface area contributed by atoms with Crippen LogP contribution >= 0.6 is 11.3 Å². The molecule has 0 radical (unpaired) electrons. The lowest BCUT2D eigenvalue weighted by Crippen LogP contribution is -2.43. The van der Waals surface area contributed by atoms with Gasteiger partial charge < -0.3 is 19.3 Å². The van der Waals surface area contributed by atoms with Gasteiger partial charge in [-0.05, 0) is 75.6 Å². The van der Waals surface area contributed by atoms with Crippen LogP contribution in [0.4, 0.5) is 5.69 Å². The number of likely N-dealkylation sites (N-methyl/N-ethyl adjacent to an activating group) is 1. The largest absolute Gasteiger partial charge is 0.497 e. The van der Waals surface area contributed by atoms with Gasteiger partial charge in [-0.25, -0.2) is 4.99 Å². The van der Waals surface area contributed by atoms with Gasteiger partial charge in [0.05, 0.1) is 30.0 Å². The van der Waals surface area contributed by atoms with E-state index in [4.69, 9.17) is 14.5 Å². The summed E-state index contributed by atoms with van der Waals surface area (Å²) in [6, 6.07) is 13.1. The van der Waals surface area contributed by atoms with Crippen molar-refractivity contribution in [2.45, 2.75) is 39.7 Å². The zero-order valence-electron chi connectivity index (χ0n) is 23.8. The van der Waals surface area contributed by atoms with E-state index in [0.717, 1.165) is 18.7 Å². The third-order valence-corrected chi connectivity index (χ3v) is 8.68. The van der Waals surface area contributed by atoms with E-state index in [1.165, 1.54) is 29.9 Å². The molecule has 1 saturated heterocycles. The molecule has 210 valence electrons. The molecule has 3 heterocycles. The van der Waals surface area contributed by atoms with E-state index in [1.807, 2.05) is 32.9 Å². The van der Waals surface area contributed by atoms with Crippen molar-refractivity contribution in [1.82, 2.24) is 9.47 Å². The van der Waals surface area contributed by atoms with Gasteiger partial charge in [-0.2, -0.15) is 0 Å². The highest BCUT2D eigenvalue weighted by atomic mass is 32.1. The molecule has 0 saturated carbocycles. The van der Waals surface area contributed by atoms with Crippen LogP contribution < -0.4 is 29.3 Å². The molecule has 2 aliphatic rings. The summed E-state index contributed by atoms with van der Waals surface area (Å²) in [5.74, 6) is 1.03. The minimum absolute atomic E-state index is 0.145. The minimum Gasteiger partial charge on any atom is -0.497 e. The maximum atomic E-state index is 14.1. The van der Waals surface area contributed by atoms with E-state index in [2.05, 4.69) is 29.2 Å². The Morgan fingerprint density at radius 2 is 1.77 bits per heavy atom. The number of methoxy groups -OCH3 is 2. The van der Waals surface area contributed by atoms with Crippen molar-refractivity contribution in [3.8, 4) is 11.5 Å². The molecule has 2 aliphatic heterocycles. The highest BCUT2D eigenvalue weighted by Gasteiger charge is 2.36. The molecule has 3 aromatic rings. The molecular weight excluding hydrogens is 524 g/mol. The molecule has 1 amide bonds. The van der Waals surface area contributed by atoms with E-state index < -0.39 is 6.04 Å². The first-order chi connectivity index (χ1) is 19.4. The standard InChI is InChI=1S/C31H36N4O4S/c1-6-33(7-2)30(37)27-20(3)32-31-35(28(27)24-19-23(38-4)14-15-25(24)39-5)29(36)26(40-31)18-21-10-12-22(13-11-21)34-16-8-9-17-34/h10-15,18-19,28H,6-9,16-17H2,1-5H3/b26-18-/t28-/m0/s1. The fourth-order valence-corrected chi connectivity index (χ4v) is 6.58. The highest BCUT2D eigenvalue weighted by Crippen LogP contribution is 2.38. The average molecular weight is 561 g/mol. The van der Waals surface area contributed by atoms with E-state index in [9.17, 15) is 9.59 Å². The molecule has 0 bridgehead atoms. The number of nitrogens with zero attached hydrogens (tertiary/aromatic N) is 4. The van der Waals surface area contributed by atoms with Crippen molar-refractivity contribution in [3.05, 3.63) is 84.5 Å². The molecule has 1 aromatic heterocycles. The summed E-state index contributed by atoms with van der Waals surface area (Å²) in [5, 5.41) is 0. The lowest BCUT2D eigenvalue weighted by atomic mass is 9.93. The van der Waals surface area contributed by atoms with Crippen molar-refractivity contribution in [3.63, 3.8) is 0 Å². The average Bonchev–Trinajstić information content (AvgIpc) is 3.61. The Labute approximate surface area is 238 Å². The maximum absolute atomic E-state index is 14.1. The zero-order chi connectivity index (χ0) is 28.4. The van der Waals surface area contributed by atoms with E-state index in [-0.39, 0.29) is 11.5 Å². The summed E-state index contributed by atoms with van der Waals surface area (Å²) in [7, 11) is 3.18. The number of anilines is 1. The van der Waals surface area contributed by atoms with Gasteiger partial charge in [0.25, 0.3) is 11.5 Å². The molecule has 0 spiro atoms. The number of ether oxygens (including phenoxy) is 2. The van der Waals surface area contributed by atoms with Crippen LogP contribution in [-0.4, -0.2) is 55.8 Å². The molecule has 2 aromatic carbocycles. The molecule has 0 N–H and O–H groups in total. The Hall–Kier alpha value is -3.85. The summed E-state index contributed by atoms with van der Waals surface area (Å²) in [6.07, 6.45) is 4.35. The van der Waals surface area contributed by atoms with Crippen molar-refractivity contribution in [2.75, 3.05) is 45.3 Å². The second-order valence-electron chi connectivity index (χ2n) is 9.95. The number of hydrogen-bond donors (Lipinski definition) is 0. The molecule has 1 atom stereocenters. The van der Waals surface area contributed by atoms with Gasteiger partial charge in [-0.15, -0.1) is 0 Å². The van der Waals surface area contributed by atoms with E-state index in [0.29, 0.717) is 50.8 Å². The van der Waals surface area contributed by atoms with Crippen LogP contribution in [0, 0.1) is 0 Å². The number of aromatic nitrogens is 1. The summed E-state index contributed by atoms with van der Waals surface area (Å²) >= 11 is 1.33. The molecule has 0 aliphatic carbocycles. The number of thiazole rings is 1. The first-order valence-electron chi connectivity index (χ1n) is 13.8. The van der Waals surface area contributed by atoms with Crippen molar-refractivity contribution >= 4 is 29.0 Å². The summed E-state index contributed by atoms with van der Waals surface area (Å²) in [5.41, 5.74) is 3.68. The van der Waals surface area contributed by atoms with Crippen LogP contribution in [0.3, 0.4) is 0 Å². The van der Waals surface area contributed by atoms with Crippen molar-refractivity contribution in [2.24, 2.45) is 4.99 Å². The van der Waals surface area contributed by atoms with Gasteiger partial charge in [0.1, 0.15) is 17.5 Å². The number of carbonyl (C=O) groups excluding carboxylic acids is 1. The zero-order valence-corrected chi connectivity index (χ0v) is 24.6. The topological polar surface area (TPSA) is 76.4 Å². The number of hydrogen-bond acceptors (Lipinski definition) is 7. The van der Waals surface area contributed by atoms with E-state index >= 15 is 0 Å². The summed E-state index contributed by atoms with van der Waals surface area (Å²) < 4.78 is 13.4. The van der Waals surface area contributed by atoms with Gasteiger partial charge in [0, 0.05) is 37.4 Å². The number of carbonyl (C=O) groups is 1. The molecule has 8 nitrogen and oxygen atoms in total. The Bertz CT molecular complexity index is 1610. The van der Waals surface area contributed by atoms with Crippen molar-refractivity contribution in [1.29, 1.82) is 0 Å². The molecule has 1 fully saturated rings. The normalized spacial score (nSPS) is 17.1. The van der Waals surface area contributed by atoms with Gasteiger partial charge in [-0.3, -0.25) is 14.2 Å². The number of allylic oxidation sites excluding steroid dienone is 1. The lowest BCUT2D eigenvalue weighted by molar-refractivity contribution is -0.127. The Balaban J connectivity index is 1.67. The first kappa shape index (κ1) is 27.7. The van der Waals surface area contributed by atoms with Gasteiger partial charge >= 0.3 is 0 Å².